The lowest BCUT2D eigenvalue weighted by atomic mass is 10.1. The van der Waals surface area contributed by atoms with Crippen LogP contribution in [0.3, 0.4) is 0 Å². The minimum Gasteiger partial charge on any atom is -0.444 e. The van der Waals surface area contributed by atoms with Crippen LogP contribution in [0.4, 0.5) is 4.79 Å². The van der Waals surface area contributed by atoms with Crippen molar-refractivity contribution in [1.29, 1.82) is 0 Å². The van der Waals surface area contributed by atoms with E-state index in [2.05, 4.69) is 39.1 Å². The van der Waals surface area contributed by atoms with E-state index < -0.39 is 5.60 Å². The number of H-pyrrole nitrogens is 1. The second-order valence-corrected chi connectivity index (χ2v) is 8.33. The molecule has 1 heterocycles. The summed E-state index contributed by atoms with van der Waals surface area (Å²) in [5.74, 6) is 0.759. The van der Waals surface area contributed by atoms with Gasteiger partial charge in [0.15, 0.2) is 0 Å². The Balaban J connectivity index is 0.00000136. The molecule has 0 aliphatic heterocycles. The van der Waals surface area contributed by atoms with Gasteiger partial charge >= 0.3 is 6.09 Å². The minimum atomic E-state index is -0.513. The summed E-state index contributed by atoms with van der Waals surface area (Å²) in [6.45, 7) is 12.7. The molecular formula is C22H30BrN3O2. The molecule has 0 spiro atoms. The van der Waals surface area contributed by atoms with E-state index in [1.165, 1.54) is 0 Å². The van der Waals surface area contributed by atoms with Crippen LogP contribution in [0.1, 0.15) is 53.8 Å². The summed E-state index contributed by atoms with van der Waals surface area (Å²) in [6.07, 6.45) is 0.546. The number of hydrogen-bond donors (Lipinski definition) is 1. The van der Waals surface area contributed by atoms with Gasteiger partial charge in [-0.25, -0.2) is 9.78 Å². The number of nitrogens with zero attached hydrogens (tertiary/aromatic N) is 2. The second-order valence-electron chi connectivity index (χ2n) is 7.41. The number of halogens is 1. The van der Waals surface area contributed by atoms with Crippen LogP contribution >= 0.6 is 15.9 Å². The maximum absolute atomic E-state index is 12.5. The van der Waals surface area contributed by atoms with E-state index in [4.69, 9.17) is 9.72 Å². The van der Waals surface area contributed by atoms with Crippen LogP contribution in [0.5, 0.6) is 0 Å². The zero-order valence-corrected chi connectivity index (χ0v) is 19.2. The molecule has 1 N–H and O–H groups in total. The lowest BCUT2D eigenvalue weighted by Crippen LogP contribution is -2.37. The Morgan fingerprint density at radius 2 is 1.93 bits per heavy atom. The number of carbonyl (C=O) groups excluding carboxylic acids is 1. The quantitative estimate of drug-likeness (QED) is 0.486. The fourth-order valence-electron chi connectivity index (χ4n) is 2.91. The van der Waals surface area contributed by atoms with Crippen LogP contribution in [0.2, 0.25) is 0 Å². The monoisotopic (exact) mass is 447 g/mol. The molecule has 0 bridgehead atoms. The molecular weight excluding hydrogens is 418 g/mol. The van der Waals surface area contributed by atoms with Crippen molar-refractivity contribution in [1.82, 2.24) is 14.9 Å². The van der Waals surface area contributed by atoms with E-state index in [0.717, 1.165) is 38.5 Å². The van der Waals surface area contributed by atoms with E-state index in [0.29, 0.717) is 13.1 Å². The van der Waals surface area contributed by atoms with Gasteiger partial charge in [-0.2, -0.15) is 0 Å². The number of benzene rings is 2. The molecule has 3 rings (SSSR count). The normalized spacial score (nSPS) is 11.2. The molecule has 1 amide bonds. The Labute approximate surface area is 175 Å². The van der Waals surface area contributed by atoms with Crippen molar-refractivity contribution < 1.29 is 9.53 Å². The molecule has 0 unspecified atom stereocenters. The zero-order valence-electron chi connectivity index (χ0n) is 17.6. The van der Waals surface area contributed by atoms with Crippen molar-refractivity contribution in [2.45, 2.75) is 60.1 Å². The molecule has 1 aromatic heterocycles. The van der Waals surface area contributed by atoms with Crippen LogP contribution < -0.4 is 0 Å². The number of aromatic amines is 1. The summed E-state index contributed by atoms with van der Waals surface area (Å²) in [5.41, 5.74) is 1.38. The fraction of sp³-hybridized carbons (Fsp3) is 0.455. The average Bonchev–Trinajstić information content (AvgIpc) is 3.04. The van der Waals surface area contributed by atoms with Gasteiger partial charge in [0.25, 0.3) is 0 Å². The Morgan fingerprint density at radius 3 is 2.57 bits per heavy atom. The van der Waals surface area contributed by atoms with Crippen molar-refractivity contribution in [2.24, 2.45) is 0 Å². The third kappa shape index (κ3) is 5.47. The number of fused-ring (bicyclic) bond motifs is 3. The molecule has 0 radical (unpaired) electrons. The molecule has 0 fully saturated rings. The van der Waals surface area contributed by atoms with Gasteiger partial charge in [-0.15, -0.1) is 0 Å². The Hall–Kier alpha value is -2.08. The highest BCUT2D eigenvalue weighted by Crippen LogP contribution is 2.26. The van der Waals surface area contributed by atoms with Gasteiger partial charge in [0.05, 0.1) is 17.6 Å². The van der Waals surface area contributed by atoms with Crippen LogP contribution in [-0.4, -0.2) is 33.1 Å². The molecule has 0 saturated heterocycles. The molecule has 3 aromatic rings. The summed E-state index contributed by atoms with van der Waals surface area (Å²) in [4.78, 5) is 22.3. The van der Waals surface area contributed by atoms with Gasteiger partial charge in [-0.1, -0.05) is 48.8 Å². The van der Waals surface area contributed by atoms with E-state index >= 15 is 0 Å². The van der Waals surface area contributed by atoms with Gasteiger partial charge in [-0.3, -0.25) is 0 Å². The molecule has 28 heavy (non-hydrogen) atoms. The number of aromatic nitrogens is 2. The maximum Gasteiger partial charge on any atom is 0.410 e. The number of imidazole rings is 1. The second kappa shape index (κ2) is 9.41. The number of carbonyl (C=O) groups is 1. The molecule has 2 aromatic carbocycles. The molecule has 0 aliphatic carbocycles. The van der Waals surface area contributed by atoms with Crippen LogP contribution in [0.15, 0.2) is 34.8 Å². The Kier molecular flexibility index (Phi) is 7.47. The summed E-state index contributed by atoms with van der Waals surface area (Å²) in [6, 6.07) is 10.2. The Bertz CT molecular complexity index is 944. The average molecular weight is 448 g/mol. The topological polar surface area (TPSA) is 58.2 Å². The third-order valence-electron chi connectivity index (χ3n) is 3.96. The summed E-state index contributed by atoms with van der Waals surface area (Å²) in [5, 5.41) is 2.22. The number of ether oxygens (including phenoxy) is 1. The Morgan fingerprint density at radius 1 is 1.21 bits per heavy atom. The number of amides is 1. The first-order chi connectivity index (χ1) is 13.3. The van der Waals surface area contributed by atoms with Gasteiger partial charge in [0.2, 0.25) is 0 Å². The molecule has 6 heteroatoms. The number of hydrogen-bond acceptors (Lipinski definition) is 3. The summed E-state index contributed by atoms with van der Waals surface area (Å²) >= 11 is 3.51. The highest BCUT2D eigenvalue weighted by Gasteiger charge is 2.22. The molecule has 0 atom stereocenters. The van der Waals surface area contributed by atoms with Crippen molar-refractivity contribution in [3.8, 4) is 0 Å². The van der Waals surface area contributed by atoms with Crippen molar-refractivity contribution in [3.05, 3.63) is 40.6 Å². The summed E-state index contributed by atoms with van der Waals surface area (Å²) < 4.78 is 6.56. The maximum atomic E-state index is 12.5. The molecule has 152 valence electrons. The zero-order chi connectivity index (χ0) is 20.9. The number of nitrogens with one attached hydrogen (secondary N) is 1. The predicted molar refractivity (Wildman–Crippen MR) is 120 cm³/mol. The van der Waals surface area contributed by atoms with Gasteiger partial charge in [0.1, 0.15) is 11.4 Å². The van der Waals surface area contributed by atoms with Crippen molar-refractivity contribution in [3.63, 3.8) is 0 Å². The SMILES string of the molecule is CC.CCCN(Cc1nc2c(ccc3cc(Br)ccc32)[nH]1)C(=O)OC(C)(C)C. The van der Waals surface area contributed by atoms with Crippen molar-refractivity contribution >= 4 is 43.8 Å². The van der Waals surface area contributed by atoms with Gasteiger partial charge in [-0.05, 0) is 50.8 Å². The van der Waals surface area contributed by atoms with E-state index in [9.17, 15) is 4.79 Å². The molecule has 0 aliphatic rings. The minimum absolute atomic E-state index is 0.311. The van der Waals surface area contributed by atoms with E-state index in [1.54, 1.807) is 4.90 Å². The first-order valence-corrected chi connectivity index (χ1v) is 10.6. The van der Waals surface area contributed by atoms with E-state index in [1.807, 2.05) is 53.7 Å². The first-order valence-electron chi connectivity index (χ1n) is 9.81. The number of rotatable bonds is 4. The molecule has 0 saturated carbocycles. The van der Waals surface area contributed by atoms with E-state index in [-0.39, 0.29) is 6.09 Å². The van der Waals surface area contributed by atoms with Crippen LogP contribution in [0, 0.1) is 0 Å². The predicted octanol–water partition coefficient (Wildman–Crippen LogP) is 6.65. The molecule has 5 nitrogen and oxygen atoms in total. The highest BCUT2D eigenvalue weighted by molar-refractivity contribution is 9.10. The smallest absolute Gasteiger partial charge is 0.410 e. The third-order valence-corrected chi connectivity index (χ3v) is 4.46. The first kappa shape index (κ1) is 22.2. The lowest BCUT2D eigenvalue weighted by Gasteiger charge is -2.26. The lowest BCUT2D eigenvalue weighted by molar-refractivity contribution is 0.0229. The standard InChI is InChI=1S/C20H24BrN3O2.C2H6/c1-5-10-24(19(25)26-20(2,3)4)12-17-22-16-9-6-13-11-14(21)7-8-15(13)18(16)23-17;1-2/h6-9,11H,5,10,12H2,1-4H3,(H,22,23);1-2H3. The van der Waals surface area contributed by atoms with Crippen LogP contribution in [0.25, 0.3) is 21.8 Å². The van der Waals surface area contributed by atoms with Crippen molar-refractivity contribution in [2.75, 3.05) is 6.54 Å². The largest absolute Gasteiger partial charge is 0.444 e. The van der Waals surface area contributed by atoms with Gasteiger partial charge in [0, 0.05) is 16.4 Å². The fourth-order valence-corrected chi connectivity index (χ4v) is 3.29. The summed E-state index contributed by atoms with van der Waals surface area (Å²) in [7, 11) is 0. The van der Waals surface area contributed by atoms with Gasteiger partial charge < -0.3 is 14.6 Å². The van der Waals surface area contributed by atoms with Crippen LogP contribution in [-0.2, 0) is 11.3 Å². The highest BCUT2D eigenvalue weighted by atomic mass is 79.9.